The number of nitrogens with two attached hydrogens (primary N) is 1. The molecule has 1 unspecified atom stereocenters. The molecule has 1 atom stereocenters. The molecule has 0 heterocycles. The van der Waals surface area contributed by atoms with Crippen molar-refractivity contribution in [2.24, 2.45) is 5.73 Å². The highest BCUT2D eigenvalue weighted by atomic mass is 16.6. The third-order valence-electron chi connectivity index (χ3n) is 3.06. The van der Waals surface area contributed by atoms with Gasteiger partial charge in [0.1, 0.15) is 5.60 Å². The summed E-state index contributed by atoms with van der Waals surface area (Å²) in [5.41, 5.74) is 3.88. The van der Waals surface area contributed by atoms with Gasteiger partial charge in [-0.05, 0) is 45.0 Å². The van der Waals surface area contributed by atoms with E-state index in [4.69, 9.17) is 16.9 Å². The van der Waals surface area contributed by atoms with E-state index >= 15 is 0 Å². The molecule has 0 fully saturated rings. The van der Waals surface area contributed by atoms with E-state index in [0.29, 0.717) is 5.56 Å². The van der Waals surface area contributed by atoms with Crippen molar-refractivity contribution in [3.8, 4) is 12.3 Å². The van der Waals surface area contributed by atoms with E-state index in [2.05, 4.69) is 16.0 Å². The maximum Gasteiger partial charge on any atom is 0.348 e. The average molecular weight is 346 g/mol. The second kappa shape index (κ2) is 7.81. The van der Waals surface area contributed by atoms with Gasteiger partial charge in [-0.25, -0.2) is 4.79 Å². The molecule has 134 valence electrons. The molecule has 1 aromatic carbocycles. The first-order valence-electron chi connectivity index (χ1n) is 7.49. The van der Waals surface area contributed by atoms with Gasteiger partial charge >= 0.3 is 11.9 Å². The highest BCUT2D eigenvalue weighted by Crippen LogP contribution is 2.16. The van der Waals surface area contributed by atoms with E-state index in [9.17, 15) is 14.4 Å². The second-order valence-electron chi connectivity index (χ2n) is 6.40. The fraction of sp³-hybridized carbons (Fsp3) is 0.389. The molecule has 7 nitrogen and oxygen atoms in total. The van der Waals surface area contributed by atoms with Crippen LogP contribution < -0.4 is 11.1 Å². The van der Waals surface area contributed by atoms with E-state index in [1.165, 1.54) is 12.1 Å². The van der Waals surface area contributed by atoms with Gasteiger partial charge < -0.3 is 14.8 Å². The van der Waals surface area contributed by atoms with Crippen LogP contribution in [0.5, 0.6) is 0 Å². The van der Waals surface area contributed by atoms with E-state index in [-0.39, 0.29) is 5.56 Å². The minimum absolute atomic E-state index is 0.224. The Balaban J connectivity index is 3.06. The molecule has 0 spiro atoms. The van der Waals surface area contributed by atoms with Crippen LogP contribution in [0.2, 0.25) is 0 Å². The van der Waals surface area contributed by atoms with Crippen LogP contribution in [-0.2, 0) is 19.1 Å². The number of carbonyl (C=O) groups is 3. The molecule has 0 bridgehead atoms. The first-order valence-corrected chi connectivity index (χ1v) is 7.49. The number of esters is 2. The van der Waals surface area contributed by atoms with Crippen molar-refractivity contribution in [3.05, 3.63) is 35.4 Å². The Kier molecular flexibility index (Phi) is 6.31. The predicted octanol–water partition coefficient (Wildman–Crippen LogP) is 0.957. The highest BCUT2D eigenvalue weighted by Gasteiger charge is 2.42. The topological polar surface area (TPSA) is 108 Å². The normalized spacial score (nSPS) is 13.1. The molecule has 0 saturated heterocycles. The summed E-state index contributed by atoms with van der Waals surface area (Å²) in [5.74, 6) is 0.0627. The minimum atomic E-state index is -2.07. The standard InChI is InChI=1S/C18H22N2O5/c1-6-12-7-9-13(10-8-12)15(22)20-18(19,11-14(21)24-5)16(23)25-17(2,3)4/h1,7-10H,11,19H2,2-5H3,(H,20,22). The smallest absolute Gasteiger partial charge is 0.348 e. The minimum Gasteiger partial charge on any atom is -0.469 e. The molecule has 0 aromatic heterocycles. The van der Waals surface area contributed by atoms with E-state index in [1.807, 2.05) is 0 Å². The quantitative estimate of drug-likeness (QED) is 0.467. The molecule has 0 saturated carbocycles. The molecule has 0 aliphatic heterocycles. The lowest BCUT2D eigenvalue weighted by Gasteiger charge is -2.31. The van der Waals surface area contributed by atoms with Gasteiger partial charge in [0, 0.05) is 11.1 Å². The number of benzene rings is 1. The van der Waals surface area contributed by atoms with Crippen molar-refractivity contribution < 1.29 is 23.9 Å². The molecule has 3 N–H and O–H groups in total. The van der Waals surface area contributed by atoms with E-state index < -0.39 is 35.5 Å². The van der Waals surface area contributed by atoms with Gasteiger partial charge in [-0.15, -0.1) is 6.42 Å². The Morgan fingerprint density at radius 2 is 1.76 bits per heavy atom. The summed E-state index contributed by atoms with van der Waals surface area (Å²) >= 11 is 0. The molecular formula is C18H22N2O5. The summed E-state index contributed by atoms with van der Waals surface area (Å²) in [7, 11) is 1.15. The lowest BCUT2D eigenvalue weighted by atomic mass is 10.0. The Morgan fingerprint density at radius 3 is 2.20 bits per heavy atom. The second-order valence-corrected chi connectivity index (χ2v) is 6.40. The lowest BCUT2D eigenvalue weighted by Crippen LogP contribution is -2.64. The summed E-state index contributed by atoms with van der Waals surface area (Å²) < 4.78 is 9.75. The Bertz CT molecular complexity index is 698. The Hall–Kier alpha value is -2.85. The molecule has 1 amide bonds. The third-order valence-corrected chi connectivity index (χ3v) is 3.06. The van der Waals surface area contributed by atoms with Gasteiger partial charge in [0.15, 0.2) is 5.66 Å². The van der Waals surface area contributed by atoms with Crippen molar-refractivity contribution in [1.29, 1.82) is 0 Å². The zero-order chi connectivity index (χ0) is 19.3. The number of rotatable bonds is 5. The van der Waals surface area contributed by atoms with E-state index in [0.717, 1.165) is 7.11 Å². The van der Waals surface area contributed by atoms with Crippen LogP contribution in [0.25, 0.3) is 0 Å². The van der Waals surface area contributed by atoms with Crippen LogP contribution >= 0.6 is 0 Å². The fourth-order valence-electron chi connectivity index (χ4n) is 1.83. The summed E-state index contributed by atoms with van der Waals surface area (Å²) in [5, 5.41) is 2.35. The summed E-state index contributed by atoms with van der Waals surface area (Å²) in [6.45, 7) is 4.93. The molecule has 0 aliphatic rings. The molecular weight excluding hydrogens is 324 g/mol. The summed E-state index contributed by atoms with van der Waals surface area (Å²) in [6.07, 6.45) is 4.69. The monoisotopic (exact) mass is 346 g/mol. The van der Waals surface area contributed by atoms with Crippen LogP contribution in [0.1, 0.15) is 43.1 Å². The molecule has 0 radical (unpaired) electrons. The van der Waals surface area contributed by atoms with Crippen LogP contribution in [0.4, 0.5) is 0 Å². The maximum absolute atomic E-state index is 12.4. The number of hydrogen-bond acceptors (Lipinski definition) is 6. The molecule has 1 aromatic rings. The van der Waals surface area contributed by atoms with Crippen molar-refractivity contribution in [1.82, 2.24) is 5.32 Å². The van der Waals surface area contributed by atoms with Gasteiger partial charge in [-0.3, -0.25) is 15.3 Å². The molecule has 1 rings (SSSR count). The SMILES string of the molecule is C#Cc1ccc(C(=O)NC(N)(CC(=O)OC)C(=O)OC(C)(C)C)cc1. The largest absolute Gasteiger partial charge is 0.469 e. The number of amides is 1. The van der Waals surface area contributed by atoms with E-state index in [1.54, 1.807) is 32.9 Å². The van der Waals surface area contributed by atoms with Crippen molar-refractivity contribution in [2.45, 2.75) is 38.5 Å². The van der Waals surface area contributed by atoms with Crippen LogP contribution in [0, 0.1) is 12.3 Å². The van der Waals surface area contributed by atoms with Crippen LogP contribution in [0.3, 0.4) is 0 Å². The predicted molar refractivity (Wildman–Crippen MR) is 91.2 cm³/mol. The average Bonchev–Trinajstić information content (AvgIpc) is 2.53. The van der Waals surface area contributed by atoms with Crippen molar-refractivity contribution in [2.75, 3.05) is 7.11 Å². The van der Waals surface area contributed by atoms with Crippen molar-refractivity contribution >= 4 is 17.8 Å². The number of terminal acetylenes is 1. The fourth-order valence-corrected chi connectivity index (χ4v) is 1.83. The zero-order valence-corrected chi connectivity index (χ0v) is 14.7. The summed E-state index contributed by atoms with van der Waals surface area (Å²) in [4.78, 5) is 36.4. The number of ether oxygens (including phenoxy) is 2. The number of methoxy groups -OCH3 is 1. The van der Waals surface area contributed by atoms with Crippen LogP contribution in [-0.4, -0.2) is 36.2 Å². The van der Waals surface area contributed by atoms with Crippen LogP contribution in [0.15, 0.2) is 24.3 Å². The first kappa shape index (κ1) is 20.2. The molecule has 25 heavy (non-hydrogen) atoms. The number of carbonyl (C=O) groups excluding carboxylic acids is 3. The highest BCUT2D eigenvalue weighted by molar-refractivity contribution is 5.99. The van der Waals surface area contributed by atoms with Gasteiger partial charge in [-0.1, -0.05) is 5.92 Å². The van der Waals surface area contributed by atoms with Gasteiger partial charge in [0.05, 0.1) is 13.5 Å². The molecule has 7 heteroatoms. The third kappa shape index (κ3) is 5.94. The van der Waals surface area contributed by atoms with Gasteiger partial charge in [0.2, 0.25) is 0 Å². The zero-order valence-electron chi connectivity index (χ0n) is 14.7. The van der Waals surface area contributed by atoms with Gasteiger partial charge in [-0.2, -0.15) is 0 Å². The first-order chi connectivity index (χ1) is 11.5. The number of nitrogens with one attached hydrogen (secondary N) is 1. The Morgan fingerprint density at radius 1 is 1.20 bits per heavy atom. The Labute approximate surface area is 146 Å². The summed E-state index contributed by atoms with van der Waals surface area (Å²) in [6, 6.07) is 6.11. The number of hydrogen-bond donors (Lipinski definition) is 2. The maximum atomic E-state index is 12.4. The molecule has 0 aliphatic carbocycles. The lowest BCUT2D eigenvalue weighted by molar-refractivity contribution is -0.166. The van der Waals surface area contributed by atoms with Gasteiger partial charge in [0.25, 0.3) is 5.91 Å². The van der Waals surface area contributed by atoms with Crippen molar-refractivity contribution in [3.63, 3.8) is 0 Å².